The maximum Gasteiger partial charge on any atom is 0.348 e. The molecular weight excluding hydrogens is 414 g/mol. The second kappa shape index (κ2) is 9.80. The van der Waals surface area contributed by atoms with Crippen molar-refractivity contribution in [1.82, 2.24) is 20.6 Å². The minimum absolute atomic E-state index is 0.0393. The summed E-state index contributed by atoms with van der Waals surface area (Å²) in [6.45, 7) is 5.68. The van der Waals surface area contributed by atoms with Crippen LogP contribution >= 0.6 is 11.3 Å². The van der Waals surface area contributed by atoms with Crippen LogP contribution in [0.1, 0.15) is 67.1 Å². The average molecular weight is 446 g/mol. The number of amides is 2. The fraction of sp³-hybridized carbons (Fsp3) is 0.636. The second-order valence-electron chi connectivity index (χ2n) is 8.37. The summed E-state index contributed by atoms with van der Waals surface area (Å²) < 4.78 is 5.19. The first-order valence-electron chi connectivity index (χ1n) is 11.3. The number of hydrogen-bond acceptors (Lipinski definition) is 7. The Morgan fingerprint density at radius 3 is 2.45 bits per heavy atom. The lowest BCUT2D eigenvalue weighted by molar-refractivity contribution is 0.0531. The fourth-order valence-electron chi connectivity index (χ4n) is 4.58. The third-order valence-corrected chi connectivity index (χ3v) is 7.42. The first-order chi connectivity index (χ1) is 15.1. The zero-order chi connectivity index (χ0) is 21.8. The highest BCUT2D eigenvalue weighted by atomic mass is 32.1. The Morgan fingerprint density at radius 2 is 1.77 bits per heavy atom. The lowest BCUT2D eigenvalue weighted by Gasteiger charge is -2.34. The van der Waals surface area contributed by atoms with Crippen LogP contribution in [-0.4, -0.2) is 53.7 Å². The van der Waals surface area contributed by atoms with Gasteiger partial charge in [-0.25, -0.2) is 19.6 Å². The molecule has 2 N–H and O–H groups in total. The minimum atomic E-state index is -0.305. The van der Waals surface area contributed by atoms with Gasteiger partial charge in [0, 0.05) is 25.2 Å². The zero-order valence-corrected chi connectivity index (χ0v) is 19.1. The largest absolute Gasteiger partial charge is 0.462 e. The molecule has 0 atom stereocenters. The van der Waals surface area contributed by atoms with Gasteiger partial charge in [0.15, 0.2) is 0 Å². The van der Waals surface area contributed by atoms with Crippen molar-refractivity contribution >= 4 is 39.4 Å². The first kappa shape index (κ1) is 21.8. The van der Waals surface area contributed by atoms with Gasteiger partial charge >= 0.3 is 12.0 Å². The van der Waals surface area contributed by atoms with Crippen LogP contribution in [0, 0.1) is 6.92 Å². The molecule has 0 spiro atoms. The maximum atomic E-state index is 12.4. The van der Waals surface area contributed by atoms with Gasteiger partial charge in [0.05, 0.1) is 12.0 Å². The molecule has 1 saturated heterocycles. The van der Waals surface area contributed by atoms with Crippen LogP contribution in [0.4, 0.5) is 10.6 Å². The van der Waals surface area contributed by atoms with Gasteiger partial charge in [-0.3, -0.25) is 0 Å². The Morgan fingerprint density at radius 1 is 1.10 bits per heavy atom. The van der Waals surface area contributed by atoms with E-state index in [1.165, 1.54) is 30.6 Å². The van der Waals surface area contributed by atoms with E-state index in [1.807, 2.05) is 6.92 Å². The summed E-state index contributed by atoms with van der Waals surface area (Å²) in [4.78, 5) is 37.2. The molecule has 0 unspecified atom stereocenters. The third kappa shape index (κ3) is 4.92. The van der Waals surface area contributed by atoms with Crippen LogP contribution in [0.25, 0.3) is 10.2 Å². The number of esters is 1. The van der Waals surface area contributed by atoms with Crippen LogP contribution in [0.5, 0.6) is 0 Å². The molecule has 1 saturated carbocycles. The van der Waals surface area contributed by atoms with Crippen molar-refractivity contribution in [2.45, 2.75) is 70.9 Å². The van der Waals surface area contributed by atoms with Crippen molar-refractivity contribution in [3.05, 3.63) is 16.8 Å². The van der Waals surface area contributed by atoms with E-state index >= 15 is 0 Å². The lowest BCUT2D eigenvalue weighted by Crippen LogP contribution is -2.50. The van der Waals surface area contributed by atoms with Crippen LogP contribution < -0.4 is 15.5 Å². The molecular formula is C22H31N5O3S. The zero-order valence-electron chi connectivity index (χ0n) is 18.3. The number of fused-ring (bicyclic) bond motifs is 1. The second-order valence-corrected chi connectivity index (χ2v) is 9.37. The van der Waals surface area contributed by atoms with Crippen molar-refractivity contribution in [1.29, 1.82) is 0 Å². The molecule has 0 aromatic carbocycles. The minimum Gasteiger partial charge on any atom is -0.462 e. The van der Waals surface area contributed by atoms with Gasteiger partial charge in [0.2, 0.25) is 0 Å². The van der Waals surface area contributed by atoms with Crippen LogP contribution in [0.2, 0.25) is 0 Å². The third-order valence-electron chi connectivity index (χ3n) is 6.24. The molecule has 4 rings (SSSR count). The van der Waals surface area contributed by atoms with E-state index in [-0.39, 0.29) is 18.0 Å². The summed E-state index contributed by atoms with van der Waals surface area (Å²) in [6, 6.07) is 0.441. The highest BCUT2D eigenvalue weighted by Crippen LogP contribution is 2.36. The number of carbonyl (C=O) groups is 2. The van der Waals surface area contributed by atoms with E-state index < -0.39 is 0 Å². The monoisotopic (exact) mass is 445 g/mol. The molecule has 0 radical (unpaired) electrons. The molecule has 31 heavy (non-hydrogen) atoms. The van der Waals surface area contributed by atoms with E-state index in [2.05, 4.69) is 25.5 Å². The van der Waals surface area contributed by atoms with E-state index in [0.29, 0.717) is 17.5 Å². The lowest BCUT2D eigenvalue weighted by atomic mass is 9.96. The van der Waals surface area contributed by atoms with E-state index in [0.717, 1.165) is 60.4 Å². The standard InChI is InChI=1S/C22H31N5O3S/c1-3-30-21(28)18-14(2)17-19(23-13-24-20(17)31-18)27-11-9-16(10-12-27)26-22(29)25-15-7-5-4-6-8-15/h13,15-16H,3-12H2,1-2H3,(H2,25,26,29). The molecule has 1 aliphatic heterocycles. The number of ether oxygens (including phenoxy) is 1. The number of thiophene rings is 1. The molecule has 9 heteroatoms. The molecule has 2 aromatic rings. The number of piperidine rings is 1. The van der Waals surface area contributed by atoms with E-state index in [1.54, 1.807) is 13.3 Å². The number of nitrogens with one attached hydrogen (secondary N) is 2. The van der Waals surface area contributed by atoms with Crippen molar-refractivity contribution in [3.63, 3.8) is 0 Å². The Kier molecular flexibility index (Phi) is 6.89. The van der Waals surface area contributed by atoms with Gasteiger partial charge in [-0.15, -0.1) is 11.3 Å². The molecule has 3 heterocycles. The Balaban J connectivity index is 1.39. The van der Waals surface area contributed by atoms with Gasteiger partial charge in [-0.1, -0.05) is 19.3 Å². The van der Waals surface area contributed by atoms with Crippen molar-refractivity contribution in [2.75, 3.05) is 24.6 Å². The number of aryl methyl sites for hydroxylation is 1. The van der Waals surface area contributed by atoms with E-state index in [9.17, 15) is 9.59 Å². The number of rotatable bonds is 5. The Bertz CT molecular complexity index is 933. The normalized spacial score (nSPS) is 18.2. The molecule has 2 aliphatic rings. The molecule has 0 bridgehead atoms. The summed E-state index contributed by atoms with van der Waals surface area (Å²) in [6.07, 6.45) is 9.14. The molecule has 168 valence electrons. The topological polar surface area (TPSA) is 96.4 Å². The summed E-state index contributed by atoms with van der Waals surface area (Å²) in [5.41, 5.74) is 0.876. The predicted octanol–water partition coefficient (Wildman–Crippen LogP) is 3.78. The molecule has 1 aliphatic carbocycles. The molecule has 2 fully saturated rings. The van der Waals surface area contributed by atoms with Gasteiger partial charge in [-0.2, -0.15) is 0 Å². The van der Waals surface area contributed by atoms with Crippen molar-refractivity contribution in [3.8, 4) is 0 Å². The number of nitrogens with zero attached hydrogens (tertiary/aromatic N) is 3. The van der Waals surface area contributed by atoms with Gasteiger partial charge in [-0.05, 0) is 45.1 Å². The van der Waals surface area contributed by atoms with Crippen molar-refractivity contribution < 1.29 is 14.3 Å². The van der Waals surface area contributed by atoms with Gasteiger partial charge in [0.25, 0.3) is 0 Å². The predicted molar refractivity (Wildman–Crippen MR) is 122 cm³/mol. The van der Waals surface area contributed by atoms with Crippen LogP contribution in [-0.2, 0) is 4.74 Å². The van der Waals surface area contributed by atoms with Crippen molar-refractivity contribution in [2.24, 2.45) is 0 Å². The first-order valence-corrected chi connectivity index (χ1v) is 12.1. The smallest absolute Gasteiger partial charge is 0.348 e. The highest BCUT2D eigenvalue weighted by Gasteiger charge is 2.27. The molecule has 2 aromatic heterocycles. The summed E-state index contributed by atoms with van der Waals surface area (Å²) in [5.74, 6) is 0.556. The van der Waals surface area contributed by atoms with Crippen LogP contribution in [0.3, 0.4) is 0 Å². The van der Waals surface area contributed by atoms with Gasteiger partial charge in [0.1, 0.15) is 21.9 Å². The Hall–Kier alpha value is -2.42. The highest BCUT2D eigenvalue weighted by molar-refractivity contribution is 7.20. The number of anilines is 1. The summed E-state index contributed by atoms with van der Waals surface area (Å²) in [5, 5.41) is 7.22. The fourth-order valence-corrected chi connectivity index (χ4v) is 5.62. The number of hydrogen-bond donors (Lipinski definition) is 2. The van der Waals surface area contributed by atoms with Crippen LogP contribution in [0.15, 0.2) is 6.33 Å². The van der Waals surface area contributed by atoms with E-state index in [4.69, 9.17) is 4.74 Å². The van der Waals surface area contributed by atoms with Gasteiger partial charge < -0.3 is 20.3 Å². The average Bonchev–Trinajstić information content (AvgIpc) is 3.12. The summed E-state index contributed by atoms with van der Waals surface area (Å²) in [7, 11) is 0. The number of urea groups is 1. The SMILES string of the molecule is CCOC(=O)c1sc2ncnc(N3CCC(NC(=O)NC4CCCCC4)CC3)c2c1C. The number of aromatic nitrogens is 2. The number of carbonyl (C=O) groups excluding carboxylic acids is 2. The summed E-state index contributed by atoms with van der Waals surface area (Å²) >= 11 is 1.36. The Labute approximate surface area is 186 Å². The molecule has 8 nitrogen and oxygen atoms in total. The molecule has 2 amide bonds. The quantitative estimate of drug-likeness (QED) is 0.680. The maximum absolute atomic E-state index is 12.4.